The van der Waals surface area contributed by atoms with Crippen molar-refractivity contribution in [3.05, 3.63) is 51.0 Å². The normalized spacial score (nSPS) is 11.3. The molecule has 1 aromatic heterocycles. The molecule has 1 heterocycles. The van der Waals surface area contributed by atoms with E-state index in [2.05, 4.69) is 24.1 Å². The van der Waals surface area contributed by atoms with Gasteiger partial charge in [-0.15, -0.1) is 11.3 Å². The van der Waals surface area contributed by atoms with Crippen LogP contribution in [0.3, 0.4) is 0 Å². The maximum atomic E-state index is 13.2. The van der Waals surface area contributed by atoms with Gasteiger partial charge in [-0.25, -0.2) is 13.8 Å². The Hall–Kier alpha value is -1.33. The zero-order valence-electron chi connectivity index (χ0n) is 11.8. The Labute approximate surface area is 121 Å². The van der Waals surface area contributed by atoms with E-state index in [0.717, 1.165) is 23.3 Å². The van der Waals surface area contributed by atoms with Gasteiger partial charge in [0.15, 0.2) is 0 Å². The van der Waals surface area contributed by atoms with Crippen molar-refractivity contribution in [1.29, 1.82) is 0 Å². The molecule has 20 heavy (non-hydrogen) atoms. The zero-order chi connectivity index (χ0) is 14.7. The van der Waals surface area contributed by atoms with Crippen LogP contribution in [0.25, 0.3) is 0 Å². The molecule has 1 N–H and O–H groups in total. The van der Waals surface area contributed by atoms with Crippen molar-refractivity contribution in [3.63, 3.8) is 0 Å². The summed E-state index contributed by atoms with van der Waals surface area (Å²) >= 11 is 1.59. The summed E-state index contributed by atoms with van der Waals surface area (Å²) in [6.45, 7) is 6.92. The van der Waals surface area contributed by atoms with Crippen molar-refractivity contribution in [1.82, 2.24) is 10.3 Å². The SMILES string of the molecule is Cc1nc(Cc2cc(F)cc(F)c2)sc1CNC(C)C. The fourth-order valence-corrected chi connectivity index (χ4v) is 2.97. The third-order valence-corrected chi connectivity index (χ3v) is 4.04. The number of benzene rings is 1. The van der Waals surface area contributed by atoms with Crippen LogP contribution in [0.1, 0.15) is 35.0 Å². The molecule has 0 aliphatic carbocycles. The summed E-state index contributed by atoms with van der Waals surface area (Å²) in [5.41, 5.74) is 1.59. The van der Waals surface area contributed by atoms with Crippen LogP contribution >= 0.6 is 11.3 Å². The Bertz CT molecular complexity index is 573. The van der Waals surface area contributed by atoms with Gasteiger partial charge in [0.25, 0.3) is 0 Å². The van der Waals surface area contributed by atoms with E-state index in [1.54, 1.807) is 11.3 Å². The van der Waals surface area contributed by atoms with Crippen molar-refractivity contribution >= 4 is 11.3 Å². The number of rotatable bonds is 5. The molecule has 2 nitrogen and oxygen atoms in total. The Kier molecular flexibility index (Phi) is 4.83. The molecule has 0 radical (unpaired) electrons. The average molecular weight is 296 g/mol. The first-order chi connectivity index (χ1) is 9.44. The van der Waals surface area contributed by atoms with Crippen molar-refractivity contribution in [2.45, 2.75) is 39.8 Å². The maximum Gasteiger partial charge on any atom is 0.126 e. The molecule has 0 amide bonds. The largest absolute Gasteiger partial charge is 0.310 e. The third kappa shape index (κ3) is 4.08. The van der Waals surface area contributed by atoms with Gasteiger partial charge in [-0.2, -0.15) is 0 Å². The van der Waals surface area contributed by atoms with E-state index >= 15 is 0 Å². The Balaban J connectivity index is 2.11. The first-order valence-corrected chi connectivity index (χ1v) is 7.39. The Morgan fingerprint density at radius 2 is 1.85 bits per heavy atom. The Morgan fingerprint density at radius 3 is 2.45 bits per heavy atom. The van der Waals surface area contributed by atoms with Crippen molar-refractivity contribution < 1.29 is 8.78 Å². The molecular formula is C15H18F2N2S. The second kappa shape index (κ2) is 6.41. The fourth-order valence-electron chi connectivity index (χ4n) is 1.91. The molecule has 0 bridgehead atoms. The number of aryl methyl sites for hydroxylation is 1. The molecule has 0 atom stereocenters. The molecule has 0 fully saturated rings. The van der Waals surface area contributed by atoms with E-state index in [4.69, 9.17) is 0 Å². The van der Waals surface area contributed by atoms with Crippen LogP contribution in [0.4, 0.5) is 8.78 Å². The van der Waals surface area contributed by atoms with Gasteiger partial charge in [0.05, 0.1) is 10.7 Å². The number of thiazole rings is 1. The number of nitrogens with one attached hydrogen (secondary N) is 1. The molecule has 0 saturated heterocycles. The van der Waals surface area contributed by atoms with E-state index in [0.29, 0.717) is 18.0 Å². The highest BCUT2D eigenvalue weighted by molar-refractivity contribution is 7.11. The van der Waals surface area contributed by atoms with Crippen molar-refractivity contribution in [2.24, 2.45) is 0 Å². The highest BCUT2D eigenvalue weighted by Gasteiger charge is 2.10. The molecule has 108 valence electrons. The van der Waals surface area contributed by atoms with Gasteiger partial charge in [-0.1, -0.05) is 13.8 Å². The molecule has 0 saturated carbocycles. The number of hydrogen-bond donors (Lipinski definition) is 1. The minimum Gasteiger partial charge on any atom is -0.310 e. The van der Waals surface area contributed by atoms with Gasteiger partial charge in [-0.3, -0.25) is 0 Å². The molecular weight excluding hydrogens is 278 g/mol. The molecule has 1 aromatic carbocycles. The summed E-state index contributed by atoms with van der Waals surface area (Å²) in [5.74, 6) is -1.09. The summed E-state index contributed by atoms with van der Waals surface area (Å²) in [6.07, 6.45) is 0.460. The molecule has 5 heteroatoms. The van der Waals surface area contributed by atoms with E-state index in [1.165, 1.54) is 17.0 Å². The quantitative estimate of drug-likeness (QED) is 0.907. The van der Waals surface area contributed by atoms with Crippen molar-refractivity contribution in [2.75, 3.05) is 0 Å². The van der Waals surface area contributed by atoms with Gasteiger partial charge in [-0.05, 0) is 24.6 Å². The van der Waals surface area contributed by atoms with Crippen molar-refractivity contribution in [3.8, 4) is 0 Å². The third-order valence-electron chi connectivity index (χ3n) is 2.89. The summed E-state index contributed by atoms with van der Waals surface area (Å²) in [4.78, 5) is 5.65. The summed E-state index contributed by atoms with van der Waals surface area (Å²) in [5, 5.41) is 4.23. The second-order valence-corrected chi connectivity index (χ2v) is 6.27. The minimum absolute atomic E-state index is 0.414. The highest BCUT2D eigenvalue weighted by atomic mass is 32.1. The fraction of sp³-hybridized carbons (Fsp3) is 0.400. The predicted octanol–water partition coefficient (Wildman–Crippen LogP) is 3.82. The second-order valence-electron chi connectivity index (χ2n) is 5.11. The van der Waals surface area contributed by atoms with Crippen LogP contribution in [0.2, 0.25) is 0 Å². The van der Waals surface area contributed by atoms with Gasteiger partial charge in [0, 0.05) is 30.0 Å². The molecule has 0 aliphatic rings. The van der Waals surface area contributed by atoms with Gasteiger partial charge < -0.3 is 5.32 Å². The maximum absolute atomic E-state index is 13.2. The molecule has 2 aromatic rings. The smallest absolute Gasteiger partial charge is 0.126 e. The highest BCUT2D eigenvalue weighted by Crippen LogP contribution is 2.21. The summed E-state index contributed by atoms with van der Waals surface area (Å²) in [7, 11) is 0. The van der Waals surface area contributed by atoms with Gasteiger partial charge >= 0.3 is 0 Å². The molecule has 0 unspecified atom stereocenters. The van der Waals surface area contributed by atoms with Gasteiger partial charge in [0.1, 0.15) is 11.6 Å². The first-order valence-electron chi connectivity index (χ1n) is 6.57. The molecule has 0 spiro atoms. The number of halogens is 2. The average Bonchev–Trinajstić information content (AvgIpc) is 2.65. The monoisotopic (exact) mass is 296 g/mol. The van der Waals surface area contributed by atoms with Crippen LogP contribution in [-0.2, 0) is 13.0 Å². The van der Waals surface area contributed by atoms with Crippen LogP contribution in [-0.4, -0.2) is 11.0 Å². The lowest BCUT2D eigenvalue weighted by molar-refractivity contribution is 0.580. The number of hydrogen-bond acceptors (Lipinski definition) is 3. The standard InChI is InChI=1S/C15H18F2N2S/c1-9(2)18-8-14-10(3)19-15(20-14)6-11-4-12(16)7-13(17)5-11/h4-5,7,9,18H,6,8H2,1-3H3. The zero-order valence-corrected chi connectivity index (χ0v) is 12.7. The molecule has 2 rings (SSSR count). The summed E-state index contributed by atoms with van der Waals surface area (Å²) < 4.78 is 26.3. The topological polar surface area (TPSA) is 24.9 Å². The van der Waals surface area contributed by atoms with E-state index in [-0.39, 0.29) is 0 Å². The lowest BCUT2D eigenvalue weighted by atomic mass is 10.1. The van der Waals surface area contributed by atoms with E-state index in [9.17, 15) is 8.78 Å². The number of nitrogens with zero attached hydrogens (tertiary/aromatic N) is 1. The van der Waals surface area contributed by atoms with Crippen LogP contribution < -0.4 is 5.32 Å². The number of aromatic nitrogens is 1. The van der Waals surface area contributed by atoms with Crippen LogP contribution in [0, 0.1) is 18.6 Å². The van der Waals surface area contributed by atoms with Crippen LogP contribution in [0.5, 0.6) is 0 Å². The first kappa shape index (κ1) is 15.1. The lowest BCUT2D eigenvalue weighted by Crippen LogP contribution is -2.21. The predicted molar refractivity (Wildman–Crippen MR) is 78.0 cm³/mol. The Morgan fingerprint density at radius 1 is 1.20 bits per heavy atom. The lowest BCUT2D eigenvalue weighted by Gasteiger charge is -2.05. The summed E-state index contributed by atoms with van der Waals surface area (Å²) in [6, 6.07) is 4.00. The van der Waals surface area contributed by atoms with Gasteiger partial charge in [0.2, 0.25) is 0 Å². The molecule has 0 aliphatic heterocycles. The van der Waals surface area contributed by atoms with E-state index in [1.807, 2.05) is 6.92 Å². The van der Waals surface area contributed by atoms with E-state index < -0.39 is 11.6 Å². The minimum atomic E-state index is -0.546. The van der Waals surface area contributed by atoms with Crippen LogP contribution in [0.15, 0.2) is 18.2 Å².